The second-order valence-electron chi connectivity index (χ2n) is 4.82. The molecule has 118 valence electrons. The fourth-order valence-electron chi connectivity index (χ4n) is 1.74. The molecule has 6 heteroatoms. The molecule has 0 aliphatic heterocycles. The minimum absolute atomic E-state index is 0.210. The van der Waals surface area contributed by atoms with Crippen LogP contribution in [0.1, 0.15) is 11.1 Å². The zero-order chi connectivity index (χ0) is 16.8. The molecule has 0 heterocycles. The number of carbonyl (C=O) groups is 1. The van der Waals surface area contributed by atoms with Gasteiger partial charge in [-0.15, -0.1) is 0 Å². The van der Waals surface area contributed by atoms with Crippen molar-refractivity contribution in [3.8, 4) is 0 Å². The van der Waals surface area contributed by atoms with Crippen molar-refractivity contribution in [3.05, 3.63) is 69.2 Å². The van der Waals surface area contributed by atoms with E-state index in [2.05, 4.69) is 26.6 Å². The van der Waals surface area contributed by atoms with Crippen LogP contribution in [-0.2, 0) is 4.79 Å². The number of amides is 1. The molecule has 0 unspecified atom stereocenters. The smallest absolute Gasteiger partial charge is 0.250 e. The van der Waals surface area contributed by atoms with Crippen LogP contribution in [0.2, 0.25) is 5.02 Å². The highest BCUT2D eigenvalue weighted by atomic mass is 79.9. The van der Waals surface area contributed by atoms with Gasteiger partial charge >= 0.3 is 0 Å². The molecule has 0 aliphatic rings. The van der Waals surface area contributed by atoms with Crippen LogP contribution in [-0.4, -0.2) is 11.0 Å². The average Bonchev–Trinajstić information content (AvgIpc) is 2.50. The van der Waals surface area contributed by atoms with Crippen molar-refractivity contribution in [3.63, 3.8) is 0 Å². The molecule has 23 heavy (non-hydrogen) atoms. The van der Waals surface area contributed by atoms with Gasteiger partial charge in [0.15, 0.2) is 5.11 Å². The largest absolute Gasteiger partial charge is 0.332 e. The van der Waals surface area contributed by atoms with E-state index < -0.39 is 0 Å². The van der Waals surface area contributed by atoms with Crippen molar-refractivity contribution in [2.24, 2.45) is 0 Å². The van der Waals surface area contributed by atoms with Crippen molar-refractivity contribution in [1.82, 2.24) is 5.32 Å². The van der Waals surface area contributed by atoms with Crippen LogP contribution >= 0.6 is 39.7 Å². The van der Waals surface area contributed by atoms with Gasteiger partial charge in [-0.25, -0.2) is 0 Å². The summed E-state index contributed by atoms with van der Waals surface area (Å²) in [7, 11) is 0. The SMILES string of the molecule is Cc1ccc(/C=C/C(=O)NC(=S)Nc2ccc(Br)c(Cl)c2)cc1. The maximum Gasteiger partial charge on any atom is 0.250 e. The molecule has 0 bridgehead atoms. The van der Waals surface area contributed by atoms with Gasteiger partial charge in [0.05, 0.1) is 5.02 Å². The first-order chi connectivity index (χ1) is 10.9. The lowest BCUT2D eigenvalue weighted by Crippen LogP contribution is -2.32. The molecule has 2 rings (SSSR count). The maximum absolute atomic E-state index is 11.8. The zero-order valence-corrected chi connectivity index (χ0v) is 15.4. The molecule has 2 aromatic rings. The summed E-state index contributed by atoms with van der Waals surface area (Å²) < 4.78 is 0.792. The highest BCUT2D eigenvalue weighted by Crippen LogP contribution is 2.25. The van der Waals surface area contributed by atoms with Crippen molar-refractivity contribution in [2.45, 2.75) is 6.92 Å². The molecule has 2 aromatic carbocycles. The molecule has 0 saturated carbocycles. The van der Waals surface area contributed by atoms with E-state index in [-0.39, 0.29) is 11.0 Å². The normalized spacial score (nSPS) is 10.6. The molecule has 0 saturated heterocycles. The lowest BCUT2D eigenvalue weighted by atomic mass is 10.1. The molecule has 0 spiro atoms. The van der Waals surface area contributed by atoms with E-state index in [1.165, 1.54) is 11.6 Å². The van der Waals surface area contributed by atoms with Gasteiger partial charge in [-0.05, 0) is 64.9 Å². The van der Waals surface area contributed by atoms with Crippen molar-refractivity contribution in [1.29, 1.82) is 0 Å². The monoisotopic (exact) mass is 408 g/mol. The number of thiocarbonyl (C=S) groups is 1. The summed E-state index contributed by atoms with van der Waals surface area (Å²) in [6, 6.07) is 13.2. The van der Waals surface area contributed by atoms with Crippen LogP contribution in [0, 0.1) is 6.92 Å². The second kappa shape index (κ2) is 8.24. The first-order valence-electron chi connectivity index (χ1n) is 6.76. The predicted octanol–water partition coefficient (Wildman–Crippen LogP) is 4.94. The molecule has 3 nitrogen and oxygen atoms in total. The van der Waals surface area contributed by atoms with E-state index in [1.54, 1.807) is 24.3 Å². The number of nitrogens with one attached hydrogen (secondary N) is 2. The van der Waals surface area contributed by atoms with E-state index in [4.69, 9.17) is 23.8 Å². The number of hydrogen-bond acceptors (Lipinski definition) is 2. The topological polar surface area (TPSA) is 41.1 Å². The Morgan fingerprint density at radius 1 is 1.22 bits per heavy atom. The number of rotatable bonds is 3. The minimum atomic E-state index is -0.300. The summed E-state index contributed by atoms with van der Waals surface area (Å²) >= 11 is 14.4. The maximum atomic E-state index is 11.8. The lowest BCUT2D eigenvalue weighted by Gasteiger charge is -2.09. The van der Waals surface area contributed by atoms with E-state index in [0.29, 0.717) is 10.7 Å². The predicted molar refractivity (Wildman–Crippen MR) is 104 cm³/mol. The summed E-state index contributed by atoms with van der Waals surface area (Å²) in [4.78, 5) is 11.8. The number of benzene rings is 2. The van der Waals surface area contributed by atoms with Crippen LogP contribution in [0.15, 0.2) is 53.0 Å². The Labute approximate surface area is 153 Å². The quantitative estimate of drug-likeness (QED) is 0.557. The standard InChI is InChI=1S/C17H14BrClN2OS/c1-11-2-4-12(5-3-11)6-9-16(22)21-17(23)20-13-7-8-14(18)15(19)10-13/h2-10H,1H3,(H2,20,21,22,23)/b9-6+. The first-order valence-corrected chi connectivity index (χ1v) is 8.34. The fourth-order valence-corrected chi connectivity index (χ4v) is 2.38. The summed E-state index contributed by atoms with van der Waals surface area (Å²) in [5, 5.41) is 6.26. The molecule has 0 aliphatic carbocycles. The van der Waals surface area contributed by atoms with Crippen LogP contribution in [0.3, 0.4) is 0 Å². The Balaban J connectivity index is 1.90. The zero-order valence-electron chi connectivity index (χ0n) is 12.3. The number of anilines is 1. The Hall–Kier alpha value is -1.69. The summed E-state index contributed by atoms with van der Waals surface area (Å²) in [5.74, 6) is -0.300. The Bertz CT molecular complexity index is 760. The Kier molecular flexibility index (Phi) is 6.33. The van der Waals surface area contributed by atoms with Gasteiger partial charge in [-0.1, -0.05) is 41.4 Å². The third kappa shape index (κ3) is 5.78. The van der Waals surface area contributed by atoms with Gasteiger partial charge in [-0.3, -0.25) is 10.1 Å². The molecule has 0 atom stereocenters. The minimum Gasteiger partial charge on any atom is -0.332 e. The van der Waals surface area contributed by atoms with E-state index >= 15 is 0 Å². The summed E-state index contributed by atoms with van der Waals surface area (Å²) in [6.07, 6.45) is 3.17. The van der Waals surface area contributed by atoms with Crippen molar-refractivity contribution >= 4 is 62.5 Å². The fraction of sp³-hybridized carbons (Fsp3) is 0.0588. The average molecular weight is 410 g/mol. The van der Waals surface area contributed by atoms with Crippen molar-refractivity contribution < 1.29 is 4.79 Å². The summed E-state index contributed by atoms with van der Waals surface area (Å²) in [6.45, 7) is 2.01. The van der Waals surface area contributed by atoms with Gasteiger partial charge in [-0.2, -0.15) is 0 Å². The van der Waals surface area contributed by atoms with Gasteiger partial charge in [0.25, 0.3) is 0 Å². The van der Waals surface area contributed by atoms with Crippen molar-refractivity contribution in [2.75, 3.05) is 5.32 Å². The third-order valence-corrected chi connectivity index (χ3v) is 4.36. The summed E-state index contributed by atoms with van der Waals surface area (Å²) in [5.41, 5.74) is 2.82. The molecule has 0 radical (unpaired) electrons. The molecule has 2 N–H and O–H groups in total. The van der Waals surface area contributed by atoms with E-state index in [0.717, 1.165) is 10.0 Å². The number of aryl methyl sites for hydroxylation is 1. The molecule has 0 aromatic heterocycles. The number of halogens is 2. The van der Waals surface area contributed by atoms with Gasteiger partial charge < -0.3 is 5.32 Å². The highest BCUT2D eigenvalue weighted by molar-refractivity contribution is 9.10. The number of carbonyl (C=O) groups excluding carboxylic acids is 1. The van der Waals surface area contributed by atoms with Gasteiger partial charge in [0, 0.05) is 16.2 Å². The Morgan fingerprint density at radius 2 is 1.91 bits per heavy atom. The molecule has 1 amide bonds. The molecular weight excluding hydrogens is 396 g/mol. The van der Waals surface area contributed by atoms with Crippen LogP contribution < -0.4 is 10.6 Å². The highest BCUT2D eigenvalue weighted by Gasteiger charge is 2.03. The second-order valence-corrected chi connectivity index (χ2v) is 6.49. The van der Waals surface area contributed by atoms with Gasteiger partial charge in [0.1, 0.15) is 0 Å². The van der Waals surface area contributed by atoms with Crippen LogP contribution in [0.4, 0.5) is 5.69 Å². The first kappa shape index (κ1) is 17.7. The molecular formula is C17H14BrClN2OS. The van der Waals surface area contributed by atoms with E-state index in [1.807, 2.05) is 31.2 Å². The van der Waals surface area contributed by atoms with Crippen LogP contribution in [0.5, 0.6) is 0 Å². The van der Waals surface area contributed by atoms with Gasteiger partial charge in [0.2, 0.25) is 5.91 Å². The third-order valence-electron chi connectivity index (χ3n) is 2.92. The molecule has 0 fully saturated rings. The lowest BCUT2D eigenvalue weighted by molar-refractivity contribution is -0.115. The van der Waals surface area contributed by atoms with E-state index in [9.17, 15) is 4.79 Å². The van der Waals surface area contributed by atoms with Crippen LogP contribution in [0.25, 0.3) is 6.08 Å². The number of hydrogen-bond donors (Lipinski definition) is 2. The Morgan fingerprint density at radius 3 is 2.57 bits per heavy atom.